The molecule has 0 aliphatic heterocycles. The Balaban J connectivity index is 1.93. The van der Waals surface area contributed by atoms with Crippen LogP contribution in [0.2, 0.25) is 0 Å². The molecule has 2 heterocycles. The van der Waals surface area contributed by atoms with Gasteiger partial charge in [0.2, 0.25) is 0 Å². The van der Waals surface area contributed by atoms with Crippen molar-refractivity contribution in [1.29, 1.82) is 0 Å². The number of hydrogen-bond donors (Lipinski definition) is 2. The van der Waals surface area contributed by atoms with E-state index in [2.05, 4.69) is 20.3 Å². The standard InChI is InChI=1S/C12H11N5OS/c1-18-7-2-3-8-9(4-7)19-12(16-8)17-11-5-10(13)14-6-15-11/h2-6H,1H3,(H3,13,14,15,16,17). The van der Waals surface area contributed by atoms with Crippen LogP contribution in [0.5, 0.6) is 5.75 Å². The molecule has 0 bridgehead atoms. The van der Waals surface area contributed by atoms with Crippen molar-refractivity contribution in [3.63, 3.8) is 0 Å². The van der Waals surface area contributed by atoms with Gasteiger partial charge in [-0.1, -0.05) is 11.3 Å². The van der Waals surface area contributed by atoms with E-state index >= 15 is 0 Å². The predicted molar refractivity (Wildman–Crippen MR) is 75.9 cm³/mol. The Bertz CT molecular complexity index is 727. The Hall–Kier alpha value is -2.41. The molecule has 0 saturated heterocycles. The molecule has 1 aromatic carbocycles. The number of thiazole rings is 1. The van der Waals surface area contributed by atoms with E-state index in [1.54, 1.807) is 13.2 Å². The number of rotatable bonds is 3. The maximum atomic E-state index is 5.60. The van der Waals surface area contributed by atoms with Gasteiger partial charge >= 0.3 is 0 Å². The molecule has 2 aromatic heterocycles. The molecular weight excluding hydrogens is 262 g/mol. The first-order chi connectivity index (χ1) is 9.24. The number of methoxy groups -OCH3 is 1. The monoisotopic (exact) mass is 273 g/mol. The van der Waals surface area contributed by atoms with E-state index in [1.807, 2.05) is 18.2 Å². The van der Waals surface area contributed by atoms with Gasteiger partial charge in [-0.3, -0.25) is 0 Å². The molecule has 3 aromatic rings. The number of hydrogen-bond acceptors (Lipinski definition) is 7. The average molecular weight is 273 g/mol. The van der Waals surface area contributed by atoms with Crippen molar-refractivity contribution in [3.05, 3.63) is 30.6 Å². The van der Waals surface area contributed by atoms with E-state index in [0.29, 0.717) is 11.6 Å². The van der Waals surface area contributed by atoms with Crippen molar-refractivity contribution < 1.29 is 4.74 Å². The third-order valence-corrected chi connectivity index (χ3v) is 3.45. The normalized spacial score (nSPS) is 10.6. The Morgan fingerprint density at radius 2 is 2.16 bits per heavy atom. The van der Waals surface area contributed by atoms with Gasteiger partial charge in [0.1, 0.15) is 23.7 Å². The van der Waals surface area contributed by atoms with Crippen molar-refractivity contribution in [2.75, 3.05) is 18.2 Å². The zero-order chi connectivity index (χ0) is 13.2. The van der Waals surface area contributed by atoms with Gasteiger partial charge in [-0.15, -0.1) is 0 Å². The molecule has 0 aliphatic rings. The highest BCUT2D eigenvalue weighted by atomic mass is 32.1. The van der Waals surface area contributed by atoms with Crippen molar-refractivity contribution in [3.8, 4) is 5.75 Å². The Kier molecular flexibility index (Phi) is 2.88. The fraction of sp³-hybridized carbons (Fsp3) is 0.0833. The number of nitrogens with one attached hydrogen (secondary N) is 1. The van der Waals surface area contributed by atoms with Crippen LogP contribution in [0, 0.1) is 0 Å². The minimum Gasteiger partial charge on any atom is -0.497 e. The summed E-state index contributed by atoms with van der Waals surface area (Å²) in [5.74, 6) is 1.85. The van der Waals surface area contributed by atoms with Crippen LogP contribution in [-0.2, 0) is 0 Å². The predicted octanol–water partition coefficient (Wildman–Crippen LogP) is 2.42. The molecule has 0 atom stereocenters. The van der Waals surface area contributed by atoms with Gasteiger partial charge in [-0.25, -0.2) is 15.0 Å². The minimum atomic E-state index is 0.417. The number of nitrogens with zero attached hydrogens (tertiary/aromatic N) is 3. The number of nitrogens with two attached hydrogens (primary N) is 1. The van der Waals surface area contributed by atoms with Gasteiger partial charge in [0.25, 0.3) is 0 Å². The molecule has 0 spiro atoms. The molecule has 0 unspecified atom stereocenters. The van der Waals surface area contributed by atoms with Crippen molar-refractivity contribution >= 4 is 38.3 Å². The first kappa shape index (κ1) is 11.7. The lowest BCUT2D eigenvalue weighted by atomic mass is 10.3. The van der Waals surface area contributed by atoms with Crippen LogP contribution in [0.3, 0.4) is 0 Å². The molecule has 3 N–H and O–H groups in total. The third-order valence-electron chi connectivity index (χ3n) is 2.52. The average Bonchev–Trinajstić information content (AvgIpc) is 2.79. The van der Waals surface area contributed by atoms with E-state index in [4.69, 9.17) is 10.5 Å². The lowest BCUT2D eigenvalue weighted by molar-refractivity contribution is 0.415. The summed E-state index contributed by atoms with van der Waals surface area (Å²) in [4.78, 5) is 12.4. The highest BCUT2D eigenvalue weighted by Gasteiger charge is 2.06. The van der Waals surface area contributed by atoms with Crippen molar-refractivity contribution in [2.45, 2.75) is 0 Å². The van der Waals surface area contributed by atoms with Gasteiger partial charge in [-0.05, 0) is 18.2 Å². The summed E-state index contributed by atoms with van der Waals surface area (Å²) in [5.41, 5.74) is 6.51. The van der Waals surface area contributed by atoms with Crippen molar-refractivity contribution in [1.82, 2.24) is 15.0 Å². The molecular formula is C12H11N5OS. The summed E-state index contributed by atoms with van der Waals surface area (Å²) in [5, 5.41) is 3.86. The molecule has 0 fully saturated rings. The molecule has 7 heteroatoms. The maximum absolute atomic E-state index is 5.60. The first-order valence-electron chi connectivity index (χ1n) is 5.54. The molecule has 0 aliphatic carbocycles. The van der Waals surface area contributed by atoms with Crippen LogP contribution in [0.25, 0.3) is 10.2 Å². The second kappa shape index (κ2) is 4.69. The van der Waals surface area contributed by atoms with Crippen molar-refractivity contribution in [2.24, 2.45) is 0 Å². The van der Waals surface area contributed by atoms with Crippen LogP contribution in [-0.4, -0.2) is 22.1 Å². The van der Waals surface area contributed by atoms with E-state index < -0.39 is 0 Å². The van der Waals surface area contributed by atoms with E-state index in [-0.39, 0.29) is 0 Å². The number of ether oxygens (including phenoxy) is 1. The lowest BCUT2D eigenvalue weighted by Crippen LogP contribution is -1.96. The molecule has 0 amide bonds. The largest absolute Gasteiger partial charge is 0.497 e. The molecule has 6 nitrogen and oxygen atoms in total. The highest BCUT2D eigenvalue weighted by molar-refractivity contribution is 7.22. The van der Waals surface area contributed by atoms with Gasteiger partial charge in [-0.2, -0.15) is 0 Å². The summed E-state index contributed by atoms with van der Waals surface area (Å²) in [6, 6.07) is 7.41. The van der Waals surface area contributed by atoms with Gasteiger partial charge < -0.3 is 15.8 Å². The van der Waals surface area contributed by atoms with Crippen LogP contribution in [0.4, 0.5) is 16.8 Å². The SMILES string of the molecule is COc1ccc2nc(Nc3cc(N)ncn3)sc2c1. The second-order valence-electron chi connectivity index (χ2n) is 3.81. The zero-order valence-electron chi connectivity index (χ0n) is 10.1. The van der Waals surface area contributed by atoms with Crippen LogP contribution < -0.4 is 15.8 Å². The van der Waals surface area contributed by atoms with E-state index in [1.165, 1.54) is 17.7 Å². The van der Waals surface area contributed by atoms with Crippen LogP contribution in [0.15, 0.2) is 30.6 Å². The van der Waals surface area contributed by atoms with Gasteiger partial charge in [0, 0.05) is 6.07 Å². The molecule has 19 heavy (non-hydrogen) atoms. The summed E-state index contributed by atoms with van der Waals surface area (Å²) >= 11 is 1.52. The highest BCUT2D eigenvalue weighted by Crippen LogP contribution is 2.30. The number of benzene rings is 1. The molecule has 96 valence electrons. The summed E-state index contributed by atoms with van der Waals surface area (Å²) in [6.45, 7) is 0. The zero-order valence-corrected chi connectivity index (χ0v) is 10.9. The van der Waals surface area contributed by atoms with Gasteiger partial charge in [0.15, 0.2) is 5.13 Å². The lowest BCUT2D eigenvalue weighted by Gasteiger charge is -2.00. The number of fused-ring (bicyclic) bond motifs is 1. The molecule has 0 saturated carbocycles. The summed E-state index contributed by atoms with van der Waals surface area (Å²) < 4.78 is 6.23. The topological polar surface area (TPSA) is 86.0 Å². The van der Waals surface area contributed by atoms with Gasteiger partial charge in [0.05, 0.1) is 17.3 Å². The third kappa shape index (κ3) is 2.41. The summed E-state index contributed by atoms with van der Waals surface area (Å²) in [7, 11) is 1.64. The smallest absolute Gasteiger partial charge is 0.189 e. The fourth-order valence-electron chi connectivity index (χ4n) is 1.64. The fourth-order valence-corrected chi connectivity index (χ4v) is 2.54. The first-order valence-corrected chi connectivity index (χ1v) is 6.35. The molecule has 0 radical (unpaired) electrons. The quantitative estimate of drug-likeness (QED) is 0.762. The van der Waals surface area contributed by atoms with E-state index in [0.717, 1.165) is 21.1 Å². The summed E-state index contributed by atoms with van der Waals surface area (Å²) in [6.07, 6.45) is 1.41. The maximum Gasteiger partial charge on any atom is 0.189 e. The Morgan fingerprint density at radius 1 is 1.26 bits per heavy atom. The van der Waals surface area contributed by atoms with Crippen LogP contribution >= 0.6 is 11.3 Å². The molecule has 3 rings (SSSR count). The minimum absolute atomic E-state index is 0.417. The van der Waals surface area contributed by atoms with Crippen LogP contribution in [0.1, 0.15) is 0 Å². The number of nitrogen functional groups attached to an aromatic ring is 1. The van der Waals surface area contributed by atoms with E-state index in [9.17, 15) is 0 Å². The number of anilines is 3. The Morgan fingerprint density at radius 3 is 2.95 bits per heavy atom. The second-order valence-corrected chi connectivity index (χ2v) is 4.84. The number of aromatic nitrogens is 3. The Labute approximate surface area is 113 Å².